The summed E-state index contributed by atoms with van der Waals surface area (Å²) in [6, 6.07) is 0.451. The lowest BCUT2D eigenvalue weighted by Gasteiger charge is -2.17. The molecule has 2 N–H and O–H groups in total. The van der Waals surface area contributed by atoms with Crippen molar-refractivity contribution in [2.75, 3.05) is 7.05 Å². The van der Waals surface area contributed by atoms with Crippen molar-refractivity contribution in [3.63, 3.8) is 0 Å². The zero-order chi connectivity index (χ0) is 14.8. The summed E-state index contributed by atoms with van der Waals surface area (Å²) in [6.07, 6.45) is 10.3. The van der Waals surface area contributed by atoms with Crippen LogP contribution < -0.4 is 10.6 Å². The van der Waals surface area contributed by atoms with Crippen molar-refractivity contribution >= 4 is 5.96 Å². The van der Waals surface area contributed by atoms with Crippen molar-refractivity contribution in [3.05, 3.63) is 18.0 Å². The van der Waals surface area contributed by atoms with E-state index in [0.29, 0.717) is 6.04 Å². The van der Waals surface area contributed by atoms with Gasteiger partial charge in [-0.1, -0.05) is 32.6 Å². The first-order valence-electron chi connectivity index (χ1n) is 7.60. The third-order valence-electron chi connectivity index (χ3n) is 3.32. The number of unbranched alkanes of at least 4 members (excludes halogenated alkanes) is 3. The van der Waals surface area contributed by atoms with E-state index in [1.54, 1.807) is 0 Å². The average Bonchev–Trinajstić information content (AvgIpc) is 2.85. The lowest BCUT2D eigenvalue weighted by atomic mass is 10.1. The standard InChI is InChI=1S/C15H29N5/c1-5-6-7-8-9-13(2)19-15(16-3)17-10-14-11-18-20(4)12-14/h11-13H,5-10H2,1-4H3,(H2,16,17,19). The van der Waals surface area contributed by atoms with Gasteiger partial charge in [0.1, 0.15) is 0 Å². The van der Waals surface area contributed by atoms with Gasteiger partial charge in [0.25, 0.3) is 0 Å². The lowest BCUT2D eigenvalue weighted by Crippen LogP contribution is -2.41. The highest BCUT2D eigenvalue weighted by atomic mass is 15.2. The minimum Gasteiger partial charge on any atom is -0.354 e. The largest absolute Gasteiger partial charge is 0.354 e. The van der Waals surface area contributed by atoms with Crippen LogP contribution in [0.3, 0.4) is 0 Å². The van der Waals surface area contributed by atoms with Crippen molar-refractivity contribution in [2.45, 2.75) is 58.5 Å². The summed E-state index contributed by atoms with van der Waals surface area (Å²) >= 11 is 0. The van der Waals surface area contributed by atoms with E-state index in [4.69, 9.17) is 0 Å². The molecule has 1 aromatic rings. The van der Waals surface area contributed by atoms with E-state index in [-0.39, 0.29) is 0 Å². The van der Waals surface area contributed by atoms with Crippen LogP contribution in [0.5, 0.6) is 0 Å². The second-order valence-electron chi connectivity index (χ2n) is 5.34. The fourth-order valence-corrected chi connectivity index (χ4v) is 2.13. The number of aromatic nitrogens is 2. The maximum Gasteiger partial charge on any atom is 0.191 e. The van der Waals surface area contributed by atoms with Crippen molar-refractivity contribution in [1.29, 1.82) is 0 Å². The molecule has 0 saturated heterocycles. The number of nitrogens with zero attached hydrogens (tertiary/aromatic N) is 3. The summed E-state index contributed by atoms with van der Waals surface area (Å²) in [7, 11) is 3.73. The van der Waals surface area contributed by atoms with Crippen LogP contribution in [0.15, 0.2) is 17.4 Å². The van der Waals surface area contributed by atoms with Gasteiger partial charge in [-0.15, -0.1) is 0 Å². The molecule has 0 spiro atoms. The van der Waals surface area contributed by atoms with Crippen LogP contribution in [0.1, 0.15) is 51.5 Å². The van der Waals surface area contributed by atoms with Gasteiger partial charge in [-0.3, -0.25) is 9.67 Å². The van der Waals surface area contributed by atoms with Crippen molar-refractivity contribution < 1.29 is 0 Å². The minimum absolute atomic E-state index is 0.451. The van der Waals surface area contributed by atoms with Gasteiger partial charge < -0.3 is 10.6 Å². The molecule has 0 aliphatic heterocycles. The molecular weight excluding hydrogens is 250 g/mol. The Bertz CT molecular complexity index is 397. The molecule has 5 heteroatoms. The van der Waals surface area contributed by atoms with Crippen molar-refractivity contribution in [3.8, 4) is 0 Å². The van der Waals surface area contributed by atoms with Gasteiger partial charge in [0.05, 0.1) is 6.20 Å². The fourth-order valence-electron chi connectivity index (χ4n) is 2.13. The number of nitrogens with one attached hydrogen (secondary N) is 2. The topological polar surface area (TPSA) is 54.2 Å². The highest BCUT2D eigenvalue weighted by molar-refractivity contribution is 5.79. The predicted octanol–water partition coefficient (Wildman–Crippen LogP) is 2.44. The third-order valence-corrected chi connectivity index (χ3v) is 3.32. The van der Waals surface area contributed by atoms with Gasteiger partial charge in [0, 0.05) is 38.4 Å². The van der Waals surface area contributed by atoms with E-state index in [9.17, 15) is 0 Å². The third kappa shape index (κ3) is 6.59. The number of hydrogen-bond donors (Lipinski definition) is 2. The number of rotatable bonds is 8. The summed E-state index contributed by atoms with van der Waals surface area (Å²) in [4.78, 5) is 4.26. The first-order chi connectivity index (χ1) is 9.65. The number of guanidine groups is 1. The Kier molecular flexibility index (Phi) is 7.77. The van der Waals surface area contributed by atoms with Crippen LogP contribution in [-0.4, -0.2) is 28.8 Å². The SMILES string of the molecule is CCCCCCC(C)NC(=NC)NCc1cnn(C)c1. The van der Waals surface area contributed by atoms with Gasteiger partial charge in [0.15, 0.2) is 5.96 Å². The molecule has 1 aromatic heterocycles. The molecule has 5 nitrogen and oxygen atoms in total. The van der Waals surface area contributed by atoms with Crippen LogP contribution in [0.4, 0.5) is 0 Å². The Balaban J connectivity index is 2.25. The number of aryl methyl sites for hydroxylation is 1. The van der Waals surface area contributed by atoms with Crippen LogP contribution in [0.25, 0.3) is 0 Å². The lowest BCUT2D eigenvalue weighted by molar-refractivity contribution is 0.537. The van der Waals surface area contributed by atoms with Crippen LogP contribution in [0.2, 0.25) is 0 Å². The fraction of sp³-hybridized carbons (Fsp3) is 0.733. The Morgan fingerprint density at radius 2 is 2.20 bits per heavy atom. The summed E-state index contributed by atoms with van der Waals surface area (Å²) in [5, 5.41) is 10.9. The Morgan fingerprint density at radius 1 is 1.40 bits per heavy atom. The molecular formula is C15H29N5. The monoisotopic (exact) mass is 279 g/mol. The summed E-state index contributed by atoms with van der Waals surface area (Å²) in [5.41, 5.74) is 1.16. The molecule has 114 valence electrons. The summed E-state index contributed by atoms with van der Waals surface area (Å²) in [5.74, 6) is 0.858. The average molecular weight is 279 g/mol. The molecule has 0 aliphatic carbocycles. The molecule has 0 aliphatic rings. The van der Waals surface area contributed by atoms with Gasteiger partial charge in [-0.05, 0) is 13.3 Å². The zero-order valence-electron chi connectivity index (χ0n) is 13.3. The van der Waals surface area contributed by atoms with E-state index >= 15 is 0 Å². The summed E-state index contributed by atoms with van der Waals surface area (Å²) in [6.45, 7) is 5.20. The van der Waals surface area contributed by atoms with Gasteiger partial charge in [0.2, 0.25) is 0 Å². The van der Waals surface area contributed by atoms with Crippen molar-refractivity contribution in [1.82, 2.24) is 20.4 Å². The van der Waals surface area contributed by atoms with E-state index in [1.807, 2.05) is 31.2 Å². The number of aliphatic imine (C=N–C) groups is 1. The van der Waals surface area contributed by atoms with Gasteiger partial charge in [-0.2, -0.15) is 5.10 Å². The minimum atomic E-state index is 0.451. The Labute approximate surface area is 122 Å². The quantitative estimate of drug-likeness (QED) is 0.436. The second kappa shape index (κ2) is 9.39. The van der Waals surface area contributed by atoms with E-state index < -0.39 is 0 Å². The van der Waals surface area contributed by atoms with Gasteiger partial charge in [-0.25, -0.2) is 0 Å². The van der Waals surface area contributed by atoms with Crippen LogP contribution in [-0.2, 0) is 13.6 Å². The van der Waals surface area contributed by atoms with Gasteiger partial charge >= 0.3 is 0 Å². The predicted molar refractivity (Wildman–Crippen MR) is 84.8 cm³/mol. The molecule has 1 heterocycles. The molecule has 0 saturated carbocycles. The molecule has 0 bridgehead atoms. The molecule has 1 unspecified atom stereocenters. The Hall–Kier alpha value is -1.52. The summed E-state index contributed by atoms with van der Waals surface area (Å²) < 4.78 is 1.81. The first kappa shape index (κ1) is 16.5. The van der Waals surface area contributed by atoms with Crippen molar-refractivity contribution in [2.24, 2.45) is 12.0 Å². The highest BCUT2D eigenvalue weighted by Crippen LogP contribution is 2.05. The molecule has 1 atom stereocenters. The van der Waals surface area contributed by atoms with Crippen LogP contribution in [0, 0.1) is 0 Å². The van der Waals surface area contributed by atoms with Crippen LogP contribution >= 0.6 is 0 Å². The smallest absolute Gasteiger partial charge is 0.191 e. The molecule has 20 heavy (non-hydrogen) atoms. The maximum atomic E-state index is 4.26. The maximum absolute atomic E-state index is 4.26. The molecule has 0 radical (unpaired) electrons. The normalized spacial score (nSPS) is 13.3. The first-order valence-corrected chi connectivity index (χ1v) is 7.60. The van der Waals surface area contributed by atoms with E-state index in [0.717, 1.165) is 18.1 Å². The molecule has 0 amide bonds. The zero-order valence-corrected chi connectivity index (χ0v) is 13.3. The number of hydrogen-bond acceptors (Lipinski definition) is 2. The second-order valence-corrected chi connectivity index (χ2v) is 5.34. The molecule has 0 fully saturated rings. The van der Waals surface area contributed by atoms with E-state index in [2.05, 4.69) is 34.6 Å². The highest BCUT2D eigenvalue weighted by Gasteiger charge is 2.05. The Morgan fingerprint density at radius 3 is 2.80 bits per heavy atom. The molecule has 0 aromatic carbocycles. The molecule has 1 rings (SSSR count). The van der Waals surface area contributed by atoms with E-state index in [1.165, 1.54) is 32.1 Å².